The molecule has 12 rings (SSSR count). The minimum atomic E-state index is 1.10. The van der Waals surface area contributed by atoms with Gasteiger partial charge < -0.3 is 13.9 Å². The molecule has 9 aromatic carbocycles. The van der Waals surface area contributed by atoms with Gasteiger partial charge in [0.2, 0.25) is 0 Å². The topological polar surface area (TPSA) is 12.6 Å². The van der Waals surface area contributed by atoms with Gasteiger partial charge in [-0.15, -0.1) is 0 Å². The summed E-state index contributed by atoms with van der Waals surface area (Å²) in [4.78, 5) is 2.35. The summed E-state index contributed by atoms with van der Waals surface area (Å²) in [5.41, 5.74) is 17.9. The Labute approximate surface area is 342 Å². The summed E-state index contributed by atoms with van der Waals surface area (Å²) >= 11 is 0. The molecule has 0 aliphatic carbocycles. The fourth-order valence-corrected chi connectivity index (χ4v) is 9.33. The average molecular weight is 752 g/mol. The molecule has 0 saturated heterocycles. The molecule has 0 aliphatic rings. The summed E-state index contributed by atoms with van der Waals surface area (Å²) in [6, 6.07) is 81.4. The molecule has 3 nitrogen and oxygen atoms in total. The van der Waals surface area contributed by atoms with Crippen LogP contribution in [-0.2, 0) is 0 Å². The first-order valence-corrected chi connectivity index (χ1v) is 20.3. The minimum Gasteiger partial charge on any atom is -0.311 e. The van der Waals surface area contributed by atoms with Crippen LogP contribution in [0.1, 0.15) is 0 Å². The molecule has 3 heterocycles. The molecule has 0 fully saturated rings. The smallest absolute Gasteiger partial charge is 0.0804 e. The molecule has 0 spiro atoms. The lowest BCUT2D eigenvalue weighted by Gasteiger charge is -2.26. The van der Waals surface area contributed by atoms with Gasteiger partial charge in [-0.3, -0.25) is 0 Å². The highest BCUT2D eigenvalue weighted by molar-refractivity contribution is 6.28. The fourth-order valence-electron chi connectivity index (χ4n) is 9.33. The molecule has 0 bridgehead atoms. The molecule has 0 amide bonds. The first kappa shape index (κ1) is 33.3. The first-order chi connectivity index (χ1) is 29.3. The summed E-state index contributed by atoms with van der Waals surface area (Å²) in [6.07, 6.45) is 0. The summed E-state index contributed by atoms with van der Waals surface area (Å²) < 4.78 is 4.96. The highest BCUT2D eigenvalue weighted by atomic mass is 15.1. The Bertz CT molecular complexity index is 3350. The van der Waals surface area contributed by atoms with Gasteiger partial charge in [0.1, 0.15) is 0 Å². The van der Waals surface area contributed by atoms with Gasteiger partial charge in [0.15, 0.2) is 0 Å². The van der Waals surface area contributed by atoms with E-state index in [9.17, 15) is 0 Å². The maximum absolute atomic E-state index is 2.51. The molecule has 0 aliphatic heterocycles. The molecule has 12 aromatic rings. The summed E-state index contributed by atoms with van der Waals surface area (Å²) in [7, 11) is 0. The van der Waals surface area contributed by atoms with Crippen molar-refractivity contribution < 1.29 is 0 Å². The van der Waals surface area contributed by atoms with Gasteiger partial charge in [-0.1, -0.05) is 158 Å². The molecular weight excluding hydrogens is 715 g/mol. The normalized spacial score (nSPS) is 11.7. The van der Waals surface area contributed by atoms with Crippen LogP contribution in [0, 0.1) is 0 Å². The second-order valence-corrected chi connectivity index (χ2v) is 15.4. The van der Waals surface area contributed by atoms with Crippen molar-refractivity contribution in [2.75, 3.05) is 4.90 Å². The van der Waals surface area contributed by atoms with E-state index in [1.807, 2.05) is 0 Å². The zero-order valence-electron chi connectivity index (χ0n) is 32.2. The van der Waals surface area contributed by atoms with Crippen molar-refractivity contribution in [2.24, 2.45) is 0 Å². The number of aromatic nitrogens is 2. The number of hydrogen-bond acceptors (Lipinski definition) is 1. The van der Waals surface area contributed by atoms with E-state index >= 15 is 0 Å². The molecule has 59 heavy (non-hydrogen) atoms. The molecule has 3 heteroatoms. The molecule has 0 saturated carbocycles. The highest BCUT2D eigenvalue weighted by Gasteiger charge is 2.24. The minimum absolute atomic E-state index is 1.10. The van der Waals surface area contributed by atoms with Crippen LogP contribution in [0.15, 0.2) is 224 Å². The van der Waals surface area contributed by atoms with E-state index < -0.39 is 0 Å². The number of hydrogen-bond donors (Lipinski definition) is 0. The van der Waals surface area contributed by atoms with Crippen LogP contribution >= 0.6 is 0 Å². The number of fused-ring (bicyclic) bond motifs is 8. The van der Waals surface area contributed by atoms with Crippen LogP contribution in [0.4, 0.5) is 17.1 Å². The Balaban J connectivity index is 0.998. The monoisotopic (exact) mass is 751 g/mol. The molecule has 0 N–H and O–H groups in total. The maximum atomic E-state index is 2.51. The van der Waals surface area contributed by atoms with E-state index in [0.717, 1.165) is 22.7 Å². The van der Waals surface area contributed by atoms with Gasteiger partial charge in [-0.2, -0.15) is 0 Å². The molecule has 0 atom stereocenters. The van der Waals surface area contributed by atoms with Crippen LogP contribution in [0.2, 0.25) is 0 Å². The molecular formula is C56H37N3. The largest absolute Gasteiger partial charge is 0.311 e. The summed E-state index contributed by atoms with van der Waals surface area (Å²) in [5, 5.41) is 5.09. The van der Waals surface area contributed by atoms with Crippen LogP contribution < -0.4 is 4.90 Å². The van der Waals surface area contributed by atoms with E-state index in [-0.39, 0.29) is 0 Å². The fraction of sp³-hybridized carbons (Fsp3) is 0. The van der Waals surface area contributed by atoms with E-state index in [1.165, 1.54) is 82.5 Å². The second-order valence-electron chi connectivity index (χ2n) is 15.4. The van der Waals surface area contributed by atoms with Crippen molar-refractivity contribution in [3.05, 3.63) is 224 Å². The Kier molecular flexibility index (Phi) is 7.54. The summed E-state index contributed by atoms with van der Waals surface area (Å²) in [5.74, 6) is 0. The summed E-state index contributed by atoms with van der Waals surface area (Å²) in [6.45, 7) is 0. The number of anilines is 3. The van der Waals surface area contributed by atoms with Gasteiger partial charge in [-0.05, 0) is 100 Å². The molecule has 3 aromatic heterocycles. The van der Waals surface area contributed by atoms with Crippen LogP contribution in [0.3, 0.4) is 0 Å². The third kappa shape index (κ3) is 5.29. The lowest BCUT2D eigenvalue weighted by atomic mass is 10.0. The predicted octanol–water partition coefficient (Wildman–Crippen LogP) is 15.3. The quantitative estimate of drug-likeness (QED) is 0.158. The SMILES string of the molecule is c1ccc(-c2ccc(N(c3ccc(-c4ccccc4)cc3)c3ccc(-c4ccc5c(c4)c4c(c6cccc7c8ccccc8n4c76)n5-c4ccccc4)cc3)cc2)cc1. The highest BCUT2D eigenvalue weighted by Crippen LogP contribution is 2.45. The number of nitrogens with zero attached hydrogens (tertiary/aromatic N) is 3. The van der Waals surface area contributed by atoms with Crippen LogP contribution in [-0.4, -0.2) is 8.97 Å². The lowest BCUT2D eigenvalue weighted by Crippen LogP contribution is -2.09. The van der Waals surface area contributed by atoms with E-state index in [4.69, 9.17) is 0 Å². The second kappa shape index (κ2) is 13.4. The maximum Gasteiger partial charge on any atom is 0.0804 e. The number of para-hydroxylation sites is 3. The van der Waals surface area contributed by atoms with Crippen LogP contribution in [0.5, 0.6) is 0 Å². The van der Waals surface area contributed by atoms with E-state index in [1.54, 1.807) is 0 Å². The van der Waals surface area contributed by atoms with Gasteiger partial charge >= 0.3 is 0 Å². The first-order valence-electron chi connectivity index (χ1n) is 20.3. The zero-order valence-corrected chi connectivity index (χ0v) is 32.2. The van der Waals surface area contributed by atoms with E-state index in [0.29, 0.717) is 0 Å². The standard InChI is InChI=1S/C56H37N3/c1-4-13-38(14-5-1)40-23-30-45(31-24-40)57(46-32-25-41(26-33-46)39-15-6-2-7-16-39)47-34-27-42(28-35-47)43-29-36-53-51(37-43)56-55(58(53)44-17-8-3-9-18-44)50-21-12-20-49-48-19-10-11-22-52(48)59(56)54(49)50/h1-37H. The lowest BCUT2D eigenvalue weighted by molar-refractivity contribution is 1.19. The van der Waals surface area contributed by atoms with Crippen molar-refractivity contribution >= 4 is 66.2 Å². The third-order valence-electron chi connectivity index (χ3n) is 12.1. The van der Waals surface area contributed by atoms with Gasteiger partial charge in [0.05, 0.1) is 27.6 Å². The van der Waals surface area contributed by atoms with E-state index in [2.05, 4.69) is 238 Å². The molecule has 0 unspecified atom stereocenters. The van der Waals surface area contributed by atoms with Crippen molar-refractivity contribution in [1.29, 1.82) is 0 Å². The number of rotatable bonds is 7. The van der Waals surface area contributed by atoms with Crippen molar-refractivity contribution in [3.63, 3.8) is 0 Å². The van der Waals surface area contributed by atoms with Gasteiger partial charge in [0, 0.05) is 44.3 Å². The predicted molar refractivity (Wildman–Crippen MR) is 249 cm³/mol. The Morgan fingerprint density at radius 2 is 0.729 bits per heavy atom. The van der Waals surface area contributed by atoms with Crippen LogP contribution in [0.25, 0.3) is 88.2 Å². The Hall–Kier alpha value is -7.88. The third-order valence-corrected chi connectivity index (χ3v) is 12.1. The zero-order chi connectivity index (χ0) is 38.9. The average Bonchev–Trinajstić information content (AvgIpc) is 3.95. The van der Waals surface area contributed by atoms with Crippen molar-refractivity contribution in [3.8, 4) is 39.1 Å². The molecule has 0 radical (unpaired) electrons. The Morgan fingerprint density at radius 1 is 0.271 bits per heavy atom. The Morgan fingerprint density at radius 3 is 1.32 bits per heavy atom. The van der Waals surface area contributed by atoms with Gasteiger partial charge in [-0.25, -0.2) is 0 Å². The van der Waals surface area contributed by atoms with Gasteiger partial charge in [0.25, 0.3) is 0 Å². The van der Waals surface area contributed by atoms with Crippen molar-refractivity contribution in [2.45, 2.75) is 0 Å². The van der Waals surface area contributed by atoms with Crippen molar-refractivity contribution in [1.82, 2.24) is 8.97 Å². The number of benzene rings is 9. The molecule has 276 valence electrons.